The lowest BCUT2D eigenvalue weighted by atomic mass is 10.3. The number of rotatable bonds is 3. The summed E-state index contributed by atoms with van der Waals surface area (Å²) in [6, 6.07) is 4.75. The van der Waals surface area contributed by atoms with Gasteiger partial charge in [-0.2, -0.15) is 0 Å². The van der Waals surface area contributed by atoms with Gasteiger partial charge in [0.2, 0.25) is 0 Å². The zero-order valence-electron chi connectivity index (χ0n) is 8.67. The number of amides is 2. The minimum absolute atomic E-state index is 0.0383. The molecule has 7 heteroatoms. The predicted molar refractivity (Wildman–Crippen MR) is 67.9 cm³/mol. The van der Waals surface area contributed by atoms with Gasteiger partial charge in [-0.25, -0.2) is 0 Å². The Kier molecular flexibility index (Phi) is 5.40. The van der Waals surface area contributed by atoms with Gasteiger partial charge in [-0.05, 0) is 34.1 Å². The van der Waals surface area contributed by atoms with Crippen molar-refractivity contribution in [2.45, 2.75) is 0 Å². The Bertz CT molecular complexity index is 440. The Hall–Kier alpha value is -1.11. The SMILES string of the molecule is O=C(NCCO)C(=O)Nc1ccc(Cl)c(Br)c1. The molecule has 0 fully saturated rings. The fourth-order valence-corrected chi connectivity index (χ4v) is 1.51. The fraction of sp³-hybridized carbons (Fsp3) is 0.200. The van der Waals surface area contributed by atoms with Crippen LogP contribution in [0.5, 0.6) is 0 Å². The Morgan fingerprint density at radius 2 is 2.06 bits per heavy atom. The number of benzene rings is 1. The van der Waals surface area contributed by atoms with Crippen molar-refractivity contribution in [3.63, 3.8) is 0 Å². The average Bonchev–Trinajstić information content (AvgIpc) is 2.30. The number of anilines is 1. The number of carbonyl (C=O) groups excluding carboxylic acids is 2. The maximum Gasteiger partial charge on any atom is 0.313 e. The first-order valence-electron chi connectivity index (χ1n) is 4.69. The molecule has 0 saturated carbocycles. The highest BCUT2D eigenvalue weighted by molar-refractivity contribution is 9.10. The van der Waals surface area contributed by atoms with Crippen LogP contribution in [-0.4, -0.2) is 30.1 Å². The minimum atomic E-state index is -0.801. The molecule has 3 N–H and O–H groups in total. The molecule has 17 heavy (non-hydrogen) atoms. The van der Waals surface area contributed by atoms with Crippen LogP contribution in [0.4, 0.5) is 5.69 Å². The third-order valence-electron chi connectivity index (χ3n) is 1.78. The van der Waals surface area contributed by atoms with Crippen LogP contribution in [0.2, 0.25) is 5.02 Å². The van der Waals surface area contributed by atoms with Gasteiger partial charge in [0.1, 0.15) is 0 Å². The predicted octanol–water partition coefficient (Wildman–Crippen LogP) is 1.15. The molecule has 1 rings (SSSR count). The van der Waals surface area contributed by atoms with Gasteiger partial charge in [-0.15, -0.1) is 0 Å². The first kappa shape index (κ1) is 14.0. The molecule has 92 valence electrons. The second kappa shape index (κ2) is 6.58. The lowest BCUT2D eigenvalue weighted by Crippen LogP contribution is -2.36. The number of hydrogen-bond acceptors (Lipinski definition) is 3. The first-order valence-corrected chi connectivity index (χ1v) is 5.86. The van der Waals surface area contributed by atoms with Crippen molar-refractivity contribution >= 4 is 45.0 Å². The van der Waals surface area contributed by atoms with Crippen molar-refractivity contribution in [1.82, 2.24) is 5.32 Å². The lowest BCUT2D eigenvalue weighted by Gasteiger charge is -2.06. The van der Waals surface area contributed by atoms with Crippen LogP contribution in [0, 0.1) is 0 Å². The number of aliphatic hydroxyl groups is 1. The monoisotopic (exact) mass is 320 g/mol. The van der Waals surface area contributed by atoms with Crippen molar-refractivity contribution < 1.29 is 14.7 Å². The number of aliphatic hydroxyl groups excluding tert-OH is 1. The fourth-order valence-electron chi connectivity index (χ4n) is 1.01. The quantitative estimate of drug-likeness (QED) is 0.731. The van der Waals surface area contributed by atoms with Crippen molar-refractivity contribution in [2.75, 3.05) is 18.5 Å². The molecule has 0 saturated heterocycles. The van der Waals surface area contributed by atoms with E-state index in [0.29, 0.717) is 15.2 Å². The van der Waals surface area contributed by atoms with Gasteiger partial charge in [0.15, 0.2) is 0 Å². The molecule has 1 aromatic rings. The summed E-state index contributed by atoms with van der Waals surface area (Å²) >= 11 is 8.98. The van der Waals surface area contributed by atoms with Crippen LogP contribution < -0.4 is 10.6 Å². The van der Waals surface area contributed by atoms with Gasteiger partial charge >= 0.3 is 11.8 Å². The molecule has 0 atom stereocenters. The normalized spacial score (nSPS) is 9.82. The van der Waals surface area contributed by atoms with E-state index < -0.39 is 11.8 Å². The molecular formula is C10H10BrClN2O3. The second-order valence-electron chi connectivity index (χ2n) is 3.06. The van der Waals surface area contributed by atoms with E-state index in [1.165, 1.54) is 0 Å². The van der Waals surface area contributed by atoms with E-state index >= 15 is 0 Å². The van der Waals surface area contributed by atoms with E-state index in [-0.39, 0.29) is 13.2 Å². The molecule has 0 aliphatic heterocycles. The number of halogens is 2. The summed E-state index contributed by atoms with van der Waals surface area (Å²) in [5, 5.41) is 13.6. The van der Waals surface area contributed by atoms with Gasteiger partial charge < -0.3 is 15.7 Å². The summed E-state index contributed by atoms with van der Waals surface area (Å²) in [7, 11) is 0. The van der Waals surface area contributed by atoms with E-state index in [1.807, 2.05) is 0 Å². The van der Waals surface area contributed by atoms with E-state index in [1.54, 1.807) is 18.2 Å². The molecule has 0 unspecified atom stereocenters. The summed E-state index contributed by atoms with van der Waals surface area (Å²) in [6.45, 7) is -0.178. The summed E-state index contributed by atoms with van der Waals surface area (Å²) in [5.74, 6) is -1.60. The highest BCUT2D eigenvalue weighted by atomic mass is 79.9. The lowest BCUT2D eigenvalue weighted by molar-refractivity contribution is -0.136. The maximum absolute atomic E-state index is 11.4. The number of carbonyl (C=O) groups is 2. The Morgan fingerprint density at radius 1 is 1.35 bits per heavy atom. The zero-order chi connectivity index (χ0) is 12.8. The summed E-state index contributed by atoms with van der Waals surface area (Å²) in [4.78, 5) is 22.5. The highest BCUT2D eigenvalue weighted by Gasteiger charge is 2.13. The van der Waals surface area contributed by atoms with Crippen LogP contribution in [0.15, 0.2) is 22.7 Å². The topological polar surface area (TPSA) is 78.4 Å². The van der Waals surface area contributed by atoms with Crippen LogP contribution in [0.1, 0.15) is 0 Å². The van der Waals surface area contributed by atoms with Crippen molar-refractivity contribution in [3.8, 4) is 0 Å². The van der Waals surface area contributed by atoms with Crippen molar-refractivity contribution in [2.24, 2.45) is 0 Å². The van der Waals surface area contributed by atoms with E-state index in [0.717, 1.165) is 0 Å². The van der Waals surface area contributed by atoms with Crippen LogP contribution in [-0.2, 0) is 9.59 Å². The molecule has 2 amide bonds. The van der Waals surface area contributed by atoms with Gasteiger partial charge in [-0.3, -0.25) is 9.59 Å². The molecular weight excluding hydrogens is 311 g/mol. The minimum Gasteiger partial charge on any atom is -0.395 e. The third-order valence-corrected chi connectivity index (χ3v) is 3.00. The molecule has 0 aromatic heterocycles. The highest BCUT2D eigenvalue weighted by Crippen LogP contribution is 2.25. The van der Waals surface area contributed by atoms with Crippen LogP contribution in [0.3, 0.4) is 0 Å². The first-order chi connectivity index (χ1) is 8.04. The third kappa shape index (κ3) is 4.33. The Labute approximate surface area is 111 Å². The zero-order valence-corrected chi connectivity index (χ0v) is 11.0. The van der Waals surface area contributed by atoms with Gasteiger partial charge in [0.05, 0.1) is 11.6 Å². The molecule has 0 bridgehead atoms. The standard InChI is InChI=1S/C10H10BrClN2O3/c11-7-5-6(1-2-8(7)12)14-10(17)9(16)13-3-4-15/h1-2,5,15H,3-4H2,(H,13,16)(H,14,17). The Balaban J connectivity index is 2.61. The molecule has 1 aromatic carbocycles. The van der Waals surface area contributed by atoms with Crippen molar-refractivity contribution in [3.05, 3.63) is 27.7 Å². The number of nitrogens with one attached hydrogen (secondary N) is 2. The molecule has 0 aliphatic carbocycles. The average molecular weight is 322 g/mol. The molecule has 0 spiro atoms. The summed E-state index contributed by atoms with van der Waals surface area (Å²) in [5.41, 5.74) is 0.449. The van der Waals surface area contributed by atoms with Crippen LogP contribution >= 0.6 is 27.5 Å². The van der Waals surface area contributed by atoms with Gasteiger partial charge in [0, 0.05) is 16.7 Å². The molecule has 0 radical (unpaired) electrons. The summed E-state index contributed by atoms with van der Waals surface area (Å²) in [6.07, 6.45) is 0. The van der Waals surface area contributed by atoms with Crippen molar-refractivity contribution in [1.29, 1.82) is 0 Å². The largest absolute Gasteiger partial charge is 0.395 e. The molecule has 0 heterocycles. The van der Waals surface area contributed by atoms with E-state index in [2.05, 4.69) is 26.6 Å². The number of hydrogen-bond donors (Lipinski definition) is 3. The van der Waals surface area contributed by atoms with E-state index in [4.69, 9.17) is 16.7 Å². The second-order valence-corrected chi connectivity index (χ2v) is 4.32. The smallest absolute Gasteiger partial charge is 0.313 e. The summed E-state index contributed by atoms with van der Waals surface area (Å²) < 4.78 is 0.618. The Morgan fingerprint density at radius 3 is 2.65 bits per heavy atom. The van der Waals surface area contributed by atoms with Gasteiger partial charge in [0.25, 0.3) is 0 Å². The van der Waals surface area contributed by atoms with Gasteiger partial charge in [-0.1, -0.05) is 11.6 Å². The molecule has 0 aliphatic rings. The van der Waals surface area contributed by atoms with E-state index in [9.17, 15) is 9.59 Å². The van der Waals surface area contributed by atoms with Crippen LogP contribution in [0.25, 0.3) is 0 Å². The maximum atomic E-state index is 11.4. The molecule has 5 nitrogen and oxygen atoms in total.